The molecule has 2 aromatic carbocycles. The highest BCUT2D eigenvalue weighted by Gasteiger charge is 2.41. The summed E-state index contributed by atoms with van der Waals surface area (Å²) in [6.45, 7) is 54.0. The van der Waals surface area contributed by atoms with Crippen molar-refractivity contribution >= 4 is 71.8 Å². The molecule has 0 saturated heterocycles. The minimum Gasteiger partial charge on any atom is -0.493 e. The van der Waals surface area contributed by atoms with E-state index in [0.29, 0.717) is 109 Å². The minimum atomic E-state index is -1.09. The SMILES string of the molecule is C=C(C)C(=O)NC(Cc1ccc(OCC2CC(C)C(OC(C)=O)C(C)C2)cc1)C(=O)O.C=C(C)C(=O)OCC1CC(C)C(OC(C)=O)C(C)C1.C=C(C)C(=O)OCCNC(=O)OCC1CC(C)C(OC(C)=O)C(C)C1.C=CC(=O)OCC1CC(C)C(OC(C)=O)C(C)C1.C=Cc1ccc(COCC2CC(C)C(OC(C)=O)C(C)C2)cc1. The van der Waals surface area contributed by atoms with Crippen molar-refractivity contribution < 1.29 is 110 Å². The van der Waals surface area contributed by atoms with E-state index in [2.05, 4.69) is 123 Å². The van der Waals surface area contributed by atoms with Gasteiger partial charge in [0.2, 0.25) is 5.91 Å². The van der Waals surface area contributed by atoms with Gasteiger partial charge in [0.25, 0.3) is 0 Å². The van der Waals surface area contributed by atoms with E-state index in [9.17, 15) is 57.8 Å². The van der Waals surface area contributed by atoms with Crippen LogP contribution >= 0.6 is 0 Å². The third kappa shape index (κ3) is 38.3. The maximum absolute atomic E-state index is 11.7. The highest BCUT2D eigenvalue weighted by atomic mass is 16.6. The van der Waals surface area contributed by atoms with Gasteiger partial charge in [0, 0.05) is 70.4 Å². The summed E-state index contributed by atoms with van der Waals surface area (Å²) in [5, 5.41) is 14.4. The predicted molar refractivity (Wildman–Crippen MR) is 441 cm³/mol. The first-order valence-corrected chi connectivity index (χ1v) is 40.9. The van der Waals surface area contributed by atoms with E-state index >= 15 is 0 Å². The van der Waals surface area contributed by atoms with E-state index in [1.54, 1.807) is 26.0 Å². The van der Waals surface area contributed by atoms with Crippen molar-refractivity contribution in [2.75, 3.05) is 46.2 Å². The van der Waals surface area contributed by atoms with E-state index in [1.807, 2.05) is 32.1 Å². The number of hydrogen-bond donors (Lipinski definition) is 3. The molecule has 0 aromatic heterocycles. The van der Waals surface area contributed by atoms with E-state index in [4.69, 9.17) is 52.1 Å². The Bertz CT molecular complexity index is 3490. The van der Waals surface area contributed by atoms with E-state index in [0.717, 1.165) is 81.9 Å². The maximum atomic E-state index is 11.7. The number of amides is 2. The van der Waals surface area contributed by atoms with Gasteiger partial charge in [-0.3, -0.25) is 28.8 Å². The highest BCUT2D eigenvalue weighted by molar-refractivity contribution is 5.95. The summed E-state index contributed by atoms with van der Waals surface area (Å²) in [6, 6.07) is 14.5. The zero-order valence-electron chi connectivity index (χ0n) is 72.3. The van der Waals surface area contributed by atoms with Gasteiger partial charge in [-0.05, 0) is 203 Å². The third-order valence-corrected chi connectivity index (χ3v) is 21.7. The van der Waals surface area contributed by atoms with Crippen LogP contribution in [-0.2, 0) is 108 Å². The van der Waals surface area contributed by atoms with Gasteiger partial charge in [0.15, 0.2) is 0 Å². The molecule has 3 N–H and O–H groups in total. The number of rotatable bonds is 30. The van der Waals surface area contributed by atoms with Crippen LogP contribution in [0.3, 0.4) is 0 Å². The summed E-state index contributed by atoms with van der Waals surface area (Å²) in [5.74, 6) is 1.65. The van der Waals surface area contributed by atoms with Crippen molar-refractivity contribution in [3.8, 4) is 5.75 Å². The van der Waals surface area contributed by atoms with Crippen LogP contribution in [0.2, 0.25) is 0 Å². The number of hydrogen-bond acceptors (Lipinski definition) is 22. The molecule has 0 spiro atoms. The van der Waals surface area contributed by atoms with Crippen molar-refractivity contribution in [3.05, 3.63) is 121 Å². The van der Waals surface area contributed by atoms with Gasteiger partial charge in [-0.25, -0.2) is 24.0 Å². The molecule has 25 nitrogen and oxygen atoms in total. The Kier molecular flexibility index (Phi) is 45.2. The Morgan fingerprint density at radius 3 is 1.08 bits per heavy atom. The van der Waals surface area contributed by atoms with E-state index in [1.165, 1.54) is 53.2 Å². The number of carbonyl (C=O) groups excluding carboxylic acids is 10. The lowest BCUT2D eigenvalue weighted by Crippen LogP contribution is -2.42. The lowest BCUT2D eigenvalue weighted by atomic mass is 9.74. The Morgan fingerprint density at radius 2 is 0.750 bits per heavy atom. The van der Waals surface area contributed by atoms with Crippen LogP contribution in [0, 0.1) is 88.8 Å². The molecule has 5 aliphatic rings. The third-order valence-electron chi connectivity index (χ3n) is 21.7. The number of alkyl carbamates (subject to hydrolysis) is 1. The predicted octanol–water partition coefficient (Wildman–Crippen LogP) is 15.3. The van der Waals surface area contributed by atoms with Gasteiger partial charge in [-0.2, -0.15) is 0 Å². The summed E-state index contributed by atoms with van der Waals surface area (Å²) in [6.07, 6.45) is 11.8. The first kappa shape index (κ1) is 101. The van der Waals surface area contributed by atoms with Gasteiger partial charge in [0.05, 0.1) is 39.6 Å². The van der Waals surface area contributed by atoms with Crippen LogP contribution in [0.15, 0.2) is 104 Å². The van der Waals surface area contributed by atoms with Crippen LogP contribution in [0.25, 0.3) is 6.08 Å². The Morgan fingerprint density at radius 1 is 0.422 bits per heavy atom. The number of carboxylic acids is 1. The summed E-state index contributed by atoms with van der Waals surface area (Å²) >= 11 is 0. The number of carboxylic acid groups (broad SMARTS) is 1. The largest absolute Gasteiger partial charge is 0.493 e. The second-order valence-electron chi connectivity index (χ2n) is 33.2. The van der Waals surface area contributed by atoms with Gasteiger partial charge in [0.1, 0.15) is 48.9 Å². The molecule has 0 heterocycles. The average Bonchev–Trinajstić information content (AvgIpc) is 0.857. The molecule has 648 valence electrons. The molecular formula is C91H136N2O23. The highest BCUT2D eigenvalue weighted by Crippen LogP contribution is 2.40. The molecule has 7 rings (SSSR count). The first-order chi connectivity index (χ1) is 54.5. The lowest BCUT2D eigenvalue weighted by molar-refractivity contribution is -0.157. The zero-order chi connectivity index (χ0) is 87.2. The summed E-state index contributed by atoms with van der Waals surface area (Å²) < 4.78 is 59.3. The molecule has 25 heteroatoms. The monoisotopic (exact) mass is 1620 g/mol. The van der Waals surface area contributed by atoms with Crippen LogP contribution in [0.1, 0.15) is 206 Å². The Hall–Kier alpha value is -9.13. The second kappa shape index (κ2) is 51.8. The molecule has 5 saturated carbocycles. The molecule has 5 aliphatic carbocycles. The average molecular weight is 1630 g/mol. The number of aliphatic carboxylic acids is 1. The number of benzene rings is 2. The molecule has 5 fully saturated rings. The molecule has 0 radical (unpaired) electrons. The van der Waals surface area contributed by atoms with Gasteiger partial charge in [-0.15, -0.1) is 0 Å². The smallest absolute Gasteiger partial charge is 0.407 e. The first-order valence-electron chi connectivity index (χ1n) is 40.9. The van der Waals surface area contributed by atoms with Crippen LogP contribution < -0.4 is 15.4 Å². The number of esters is 8. The number of carbonyl (C=O) groups is 11. The molecule has 0 bridgehead atoms. The summed E-state index contributed by atoms with van der Waals surface area (Å²) in [7, 11) is 0. The van der Waals surface area contributed by atoms with Crippen molar-refractivity contribution in [1.82, 2.24) is 10.6 Å². The molecule has 2 amide bonds. The Labute approximate surface area is 689 Å². The fourth-order valence-electron chi connectivity index (χ4n) is 16.7. The van der Waals surface area contributed by atoms with Crippen molar-refractivity contribution in [2.24, 2.45) is 88.8 Å². The minimum absolute atomic E-state index is 0.0196. The number of nitrogens with one attached hydrogen (secondary N) is 2. The van der Waals surface area contributed by atoms with Crippen LogP contribution in [-0.4, -0.2) is 154 Å². The van der Waals surface area contributed by atoms with E-state index < -0.39 is 30.0 Å². The molecular weight excluding hydrogens is 1490 g/mol. The zero-order valence-corrected chi connectivity index (χ0v) is 72.3. The molecule has 11 unspecified atom stereocenters. The quantitative estimate of drug-likeness (QED) is 0.0283. The topological polar surface area (TPSA) is 334 Å². The summed E-state index contributed by atoms with van der Waals surface area (Å²) in [5.41, 5.74) is 4.10. The fourth-order valence-corrected chi connectivity index (χ4v) is 16.7. The number of ether oxygens (including phenoxy) is 11. The normalized spacial score (nSPS) is 27.3. The molecule has 0 aliphatic heterocycles. The maximum Gasteiger partial charge on any atom is 0.407 e. The van der Waals surface area contributed by atoms with Gasteiger partial charge < -0.3 is 67.8 Å². The molecule has 11 atom stereocenters. The van der Waals surface area contributed by atoms with Crippen molar-refractivity contribution in [3.63, 3.8) is 0 Å². The standard InChI is InChI=1S/C24H33NO6.C20H28O3.C18H29NO6.C15H24O4.C14H22O4/c1-14(2)23(27)25-21(24(28)29)12-18-6-8-20(9-7-18)30-13-19-10-15(3)22(16(4)11-19)31-17(5)26;1-5-17-6-8-18(9-7-17)12-22-13-19-10-14(2)20(15(3)11-19)23-16(4)21;1-11(2)17(21)23-7-6-19-18(22)24-10-15-8-12(3)16(13(4)9-15)25-14(5)20;1-9(2)15(17)18-8-13-6-10(3)14(11(4)7-13)19-12(5)16;1-5-13(16)17-8-12-6-9(2)14(10(3)7-12)18-11(4)15/h6-9,15-16,19,21-22H,1,10-13H2,2-5H3,(H,25,27)(H,28,29);5-9,14-15,19-20H,1,10-13H2,2-4H3;12-13,15-16H,1,6-10H2,2-5H3,(H,19,22);10-11,13-14H,1,6-8H2,2-5H3;5,9-10,12,14H,1,6-8H2,2-4H3. The van der Waals surface area contributed by atoms with Crippen LogP contribution in [0.4, 0.5) is 4.79 Å². The van der Waals surface area contributed by atoms with Gasteiger partial charge >= 0.3 is 59.8 Å². The second-order valence-corrected chi connectivity index (χ2v) is 33.2. The van der Waals surface area contributed by atoms with Gasteiger partial charge in [-0.1, -0.05) is 145 Å². The van der Waals surface area contributed by atoms with E-state index in [-0.39, 0.29) is 127 Å². The van der Waals surface area contributed by atoms with Crippen molar-refractivity contribution in [1.29, 1.82) is 0 Å². The molecule has 116 heavy (non-hydrogen) atoms. The summed E-state index contributed by atoms with van der Waals surface area (Å²) in [4.78, 5) is 124. The Balaban J connectivity index is 0.000000380. The van der Waals surface area contributed by atoms with Crippen LogP contribution in [0.5, 0.6) is 5.75 Å². The lowest BCUT2D eigenvalue weighted by Gasteiger charge is -2.38. The van der Waals surface area contributed by atoms with Crippen molar-refractivity contribution in [2.45, 2.75) is 238 Å². The fraction of sp³-hybridized carbons (Fsp3) is 0.637. The molecule has 2 aromatic rings.